The Labute approximate surface area is 207 Å². The van der Waals surface area contributed by atoms with E-state index in [0.29, 0.717) is 0 Å². The average Bonchev–Trinajstić information content (AvgIpc) is 2.87. The monoisotopic (exact) mass is 464 g/mol. The number of ether oxygens (including phenoxy) is 1. The maximum atomic E-state index is 11.9. The Morgan fingerprint density at radius 1 is 0.853 bits per heavy atom. The molecule has 34 heavy (non-hydrogen) atoms. The maximum absolute atomic E-state index is 11.9. The third-order valence-corrected chi connectivity index (χ3v) is 6.04. The highest BCUT2D eigenvalue weighted by atomic mass is 16.5. The van der Waals surface area contributed by atoms with Crippen molar-refractivity contribution in [2.75, 3.05) is 11.9 Å². The Morgan fingerprint density at radius 2 is 1.47 bits per heavy atom. The Morgan fingerprint density at radius 3 is 2.06 bits per heavy atom. The quantitative estimate of drug-likeness (QED) is 0.129. The largest absolute Gasteiger partial charge is 0.458 e. The van der Waals surface area contributed by atoms with Crippen molar-refractivity contribution in [2.45, 2.75) is 97.0 Å². The number of benzene rings is 1. The van der Waals surface area contributed by atoms with Crippen LogP contribution in [0.4, 0.5) is 5.69 Å². The lowest BCUT2D eigenvalue weighted by Crippen LogP contribution is -2.01. The molecule has 2 rings (SSSR count). The van der Waals surface area contributed by atoms with Crippen molar-refractivity contribution in [3.05, 3.63) is 66.0 Å². The smallest absolute Gasteiger partial charge is 0.331 e. The maximum Gasteiger partial charge on any atom is 0.331 e. The minimum absolute atomic E-state index is 0.235. The molecule has 2 aromatic rings. The van der Waals surface area contributed by atoms with Crippen molar-refractivity contribution < 1.29 is 9.53 Å². The van der Waals surface area contributed by atoms with Crippen molar-refractivity contribution in [1.29, 1.82) is 0 Å². The molecule has 0 aliphatic carbocycles. The fourth-order valence-electron chi connectivity index (χ4n) is 3.94. The Balaban J connectivity index is 1.45. The highest BCUT2D eigenvalue weighted by Gasteiger charge is 1.99. The number of anilines is 1. The lowest BCUT2D eigenvalue weighted by atomic mass is 10.0. The molecule has 0 aliphatic heterocycles. The van der Waals surface area contributed by atoms with Crippen LogP contribution in [-0.2, 0) is 16.1 Å². The average molecular weight is 465 g/mol. The van der Waals surface area contributed by atoms with Gasteiger partial charge in [-0.1, -0.05) is 102 Å². The summed E-state index contributed by atoms with van der Waals surface area (Å²) in [4.78, 5) is 15.9. The van der Waals surface area contributed by atoms with Crippen molar-refractivity contribution in [3.8, 4) is 0 Å². The van der Waals surface area contributed by atoms with Crippen molar-refractivity contribution in [3.63, 3.8) is 0 Å². The molecule has 0 radical (unpaired) electrons. The summed E-state index contributed by atoms with van der Waals surface area (Å²) in [6.07, 6.45) is 24.6. The van der Waals surface area contributed by atoms with Gasteiger partial charge in [-0.25, -0.2) is 4.79 Å². The number of nitrogens with one attached hydrogen (secondary N) is 1. The van der Waals surface area contributed by atoms with Crippen molar-refractivity contribution in [2.24, 2.45) is 0 Å². The van der Waals surface area contributed by atoms with Gasteiger partial charge in [0.25, 0.3) is 0 Å². The van der Waals surface area contributed by atoms with Gasteiger partial charge in [0.05, 0.1) is 0 Å². The molecular weight excluding hydrogens is 420 g/mol. The first kappa shape index (κ1) is 27.6. The first-order valence-electron chi connectivity index (χ1n) is 13.4. The van der Waals surface area contributed by atoms with Gasteiger partial charge in [0.2, 0.25) is 0 Å². The van der Waals surface area contributed by atoms with Crippen LogP contribution >= 0.6 is 0 Å². The first-order chi connectivity index (χ1) is 16.8. The van der Waals surface area contributed by atoms with Gasteiger partial charge in [-0.2, -0.15) is 0 Å². The number of carbonyl (C=O) groups excluding carboxylic acids is 1. The molecule has 0 bridgehead atoms. The third-order valence-electron chi connectivity index (χ3n) is 6.04. The van der Waals surface area contributed by atoms with E-state index in [1.165, 1.54) is 89.5 Å². The molecule has 0 unspecified atom stereocenters. The second kappa shape index (κ2) is 18.8. The van der Waals surface area contributed by atoms with Crippen molar-refractivity contribution in [1.82, 2.24) is 4.98 Å². The summed E-state index contributed by atoms with van der Waals surface area (Å²) >= 11 is 0. The molecule has 1 N–H and O–H groups in total. The van der Waals surface area contributed by atoms with E-state index in [9.17, 15) is 4.79 Å². The molecule has 0 aliphatic rings. The Bertz CT molecular complexity index is 787. The highest BCUT2D eigenvalue weighted by Crippen LogP contribution is 2.14. The van der Waals surface area contributed by atoms with Gasteiger partial charge < -0.3 is 10.1 Å². The van der Waals surface area contributed by atoms with Gasteiger partial charge >= 0.3 is 5.97 Å². The van der Waals surface area contributed by atoms with E-state index in [1.54, 1.807) is 18.5 Å². The second-order valence-electron chi connectivity index (χ2n) is 9.09. The summed E-state index contributed by atoms with van der Waals surface area (Å²) in [7, 11) is 0. The number of carbonyl (C=O) groups is 1. The molecule has 0 saturated heterocycles. The first-order valence-corrected chi connectivity index (χ1v) is 13.4. The van der Waals surface area contributed by atoms with Crippen LogP contribution in [0.3, 0.4) is 0 Å². The SMILES string of the molecule is CCCCCCCCCCCCCCCNc1ccc(/C=C/C(=O)OCc2cccnc2)cc1. The van der Waals surface area contributed by atoms with Crippen LogP contribution in [0.2, 0.25) is 0 Å². The van der Waals surface area contributed by atoms with E-state index in [4.69, 9.17) is 4.74 Å². The van der Waals surface area contributed by atoms with E-state index >= 15 is 0 Å². The fourth-order valence-corrected chi connectivity index (χ4v) is 3.94. The summed E-state index contributed by atoms with van der Waals surface area (Å²) in [5.41, 5.74) is 2.98. The molecule has 0 amide bonds. The van der Waals surface area contributed by atoms with Crippen LogP contribution in [0, 0.1) is 0 Å². The summed E-state index contributed by atoms with van der Waals surface area (Å²) in [6.45, 7) is 3.52. The minimum atomic E-state index is -0.353. The third kappa shape index (κ3) is 13.8. The number of pyridine rings is 1. The lowest BCUT2D eigenvalue weighted by molar-refractivity contribution is -0.138. The molecule has 4 nitrogen and oxygen atoms in total. The minimum Gasteiger partial charge on any atom is -0.458 e. The number of hydrogen-bond acceptors (Lipinski definition) is 4. The van der Waals surface area contributed by atoms with Crippen LogP contribution in [0.1, 0.15) is 102 Å². The summed E-state index contributed by atoms with van der Waals surface area (Å²) in [5, 5.41) is 3.49. The molecule has 0 fully saturated rings. The highest BCUT2D eigenvalue weighted by molar-refractivity contribution is 5.87. The number of nitrogens with zero attached hydrogens (tertiary/aromatic N) is 1. The Kier molecular flexibility index (Phi) is 15.2. The number of hydrogen-bond donors (Lipinski definition) is 1. The zero-order chi connectivity index (χ0) is 24.1. The zero-order valence-electron chi connectivity index (χ0n) is 21.1. The molecule has 0 spiro atoms. The van der Waals surface area contributed by atoms with Gasteiger partial charge in [-0.3, -0.25) is 4.98 Å². The Hall–Kier alpha value is -2.62. The number of esters is 1. The molecule has 0 saturated carbocycles. The van der Waals surface area contributed by atoms with E-state index in [-0.39, 0.29) is 12.6 Å². The topological polar surface area (TPSA) is 51.2 Å². The van der Waals surface area contributed by atoms with Gasteiger partial charge in [-0.15, -0.1) is 0 Å². The summed E-state index contributed by atoms with van der Waals surface area (Å²) < 4.78 is 5.23. The number of unbranched alkanes of at least 4 members (excludes halogenated alkanes) is 12. The normalized spacial score (nSPS) is 11.1. The second-order valence-corrected chi connectivity index (χ2v) is 9.09. The van der Waals surface area contributed by atoms with E-state index in [2.05, 4.69) is 29.4 Å². The van der Waals surface area contributed by atoms with E-state index in [0.717, 1.165) is 23.4 Å². The van der Waals surface area contributed by atoms with Gasteiger partial charge in [0, 0.05) is 36.3 Å². The molecule has 1 aromatic heterocycles. The van der Waals surface area contributed by atoms with Gasteiger partial charge in [-0.05, 0) is 36.3 Å². The van der Waals surface area contributed by atoms with Crippen LogP contribution in [0.5, 0.6) is 0 Å². The number of aromatic nitrogens is 1. The standard InChI is InChI=1S/C30H44N2O2/c1-2-3-4-5-6-7-8-9-10-11-12-13-14-24-32-29-20-17-27(18-21-29)19-22-30(33)34-26-28-16-15-23-31-25-28/h15-23,25,32H,2-14,24,26H2,1H3/b22-19+. The predicted octanol–water partition coefficient (Wildman–Crippen LogP) is 8.34. The summed E-state index contributed by atoms with van der Waals surface area (Å²) in [6, 6.07) is 11.8. The van der Waals surface area contributed by atoms with Gasteiger partial charge in [0.15, 0.2) is 0 Å². The van der Waals surface area contributed by atoms with Crippen LogP contribution in [0.25, 0.3) is 6.08 Å². The fraction of sp³-hybridized carbons (Fsp3) is 0.533. The van der Waals surface area contributed by atoms with Crippen LogP contribution in [0.15, 0.2) is 54.9 Å². The molecule has 1 aromatic carbocycles. The van der Waals surface area contributed by atoms with Crippen LogP contribution < -0.4 is 5.32 Å². The molecule has 186 valence electrons. The molecule has 1 heterocycles. The zero-order valence-corrected chi connectivity index (χ0v) is 21.1. The number of rotatable bonds is 19. The molecule has 0 atom stereocenters. The van der Waals surface area contributed by atoms with Crippen molar-refractivity contribution >= 4 is 17.7 Å². The lowest BCUT2D eigenvalue weighted by Gasteiger charge is -2.07. The predicted molar refractivity (Wildman–Crippen MR) is 144 cm³/mol. The molecular formula is C30H44N2O2. The molecule has 4 heteroatoms. The van der Waals surface area contributed by atoms with Crippen LogP contribution in [-0.4, -0.2) is 17.5 Å². The van der Waals surface area contributed by atoms with E-state index in [1.807, 2.05) is 24.3 Å². The van der Waals surface area contributed by atoms with Gasteiger partial charge in [0.1, 0.15) is 6.61 Å². The van der Waals surface area contributed by atoms with E-state index < -0.39 is 0 Å². The summed E-state index contributed by atoms with van der Waals surface area (Å²) in [5.74, 6) is -0.353.